The van der Waals surface area contributed by atoms with Crippen molar-refractivity contribution in [1.82, 2.24) is 9.29 Å². The van der Waals surface area contributed by atoms with Crippen molar-refractivity contribution in [3.63, 3.8) is 0 Å². The van der Waals surface area contributed by atoms with Gasteiger partial charge in [-0.2, -0.15) is 0 Å². The van der Waals surface area contributed by atoms with Gasteiger partial charge in [0.15, 0.2) is 0 Å². The third kappa shape index (κ3) is 2.51. The van der Waals surface area contributed by atoms with E-state index in [-0.39, 0.29) is 5.75 Å². The van der Waals surface area contributed by atoms with Gasteiger partial charge in [-0.3, -0.25) is 9.29 Å². The van der Waals surface area contributed by atoms with Crippen LogP contribution in [0.5, 0.6) is 0 Å². The number of hydrogen-bond donors (Lipinski definition) is 0. The van der Waals surface area contributed by atoms with Crippen molar-refractivity contribution in [3.05, 3.63) is 41.7 Å². The van der Waals surface area contributed by atoms with E-state index in [2.05, 4.69) is 4.98 Å². The Kier molecular flexibility index (Phi) is 2.97. The summed E-state index contributed by atoms with van der Waals surface area (Å²) >= 11 is 1.47. The van der Waals surface area contributed by atoms with Crippen molar-refractivity contribution >= 4 is 21.8 Å². The molecule has 0 fully saturated rings. The summed E-state index contributed by atoms with van der Waals surface area (Å²) in [5, 5.41) is 1.78. The third-order valence-electron chi connectivity index (χ3n) is 1.98. The van der Waals surface area contributed by atoms with Crippen LogP contribution >= 0.6 is 11.8 Å². The van der Waals surface area contributed by atoms with Crippen LogP contribution in [-0.4, -0.2) is 23.6 Å². The van der Waals surface area contributed by atoms with Gasteiger partial charge in [0.25, 0.3) is 0 Å². The maximum atomic E-state index is 11.8. The monoisotopic (exact) mass is 242 g/mol. The van der Waals surface area contributed by atoms with Gasteiger partial charge in [0.1, 0.15) is 0 Å². The first-order chi connectivity index (χ1) is 7.18. The fourth-order valence-corrected chi connectivity index (χ4v) is 3.70. The number of sulfonamides is 1. The highest BCUT2D eigenvalue weighted by Gasteiger charge is 2.21. The lowest BCUT2D eigenvalue weighted by atomic mass is 10.3. The molecule has 0 saturated carbocycles. The van der Waals surface area contributed by atoms with E-state index in [1.54, 1.807) is 36.1 Å². The summed E-state index contributed by atoms with van der Waals surface area (Å²) in [6.45, 7) is 0. The number of thioether (sulfide) groups is 1. The molecule has 4 nitrogen and oxygen atoms in total. The van der Waals surface area contributed by atoms with E-state index in [1.807, 2.05) is 0 Å². The van der Waals surface area contributed by atoms with E-state index in [0.717, 1.165) is 5.56 Å². The summed E-state index contributed by atoms with van der Waals surface area (Å²) < 4.78 is 25.0. The van der Waals surface area contributed by atoms with Crippen molar-refractivity contribution in [1.29, 1.82) is 0 Å². The van der Waals surface area contributed by atoms with E-state index in [9.17, 15) is 8.42 Å². The van der Waals surface area contributed by atoms with E-state index in [1.165, 1.54) is 16.1 Å². The molecule has 0 bridgehead atoms. The van der Waals surface area contributed by atoms with Gasteiger partial charge < -0.3 is 0 Å². The highest BCUT2D eigenvalue weighted by Crippen LogP contribution is 2.21. The molecule has 2 heterocycles. The Morgan fingerprint density at radius 3 is 2.73 bits per heavy atom. The SMILES string of the molecule is O=S(=O)(Cc1ccncc1)N1C=CSC1. The second-order valence-electron chi connectivity index (χ2n) is 3.08. The van der Waals surface area contributed by atoms with Crippen molar-refractivity contribution in [2.24, 2.45) is 0 Å². The quantitative estimate of drug-likeness (QED) is 0.803. The zero-order valence-corrected chi connectivity index (χ0v) is 9.54. The Morgan fingerprint density at radius 1 is 1.40 bits per heavy atom. The van der Waals surface area contributed by atoms with E-state index in [4.69, 9.17) is 0 Å². The second-order valence-corrected chi connectivity index (χ2v) is 5.86. The molecule has 0 aliphatic carbocycles. The van der Waals surface area contributed by atoms with Gasteiger partial charge in [-0.15, -0.1) is 11.8 Å². The first-order valence-corrected chi connectivity index (χ1v) is 7.01. The fourth-order valence-electron chi connectivity index (χ4n) is 1.22. The molecule has 0 saturated heterocycles. The van der Waals surface area contributed by atoms with Crippen LogP contribution in [0.25, 0.3) is 0 Å². The molecule has 0 radical (unpaired) electrons. The zero-order chi connectivity index (χ0) is 10.7. The minimum absolute atomic E-state index is 0.0282. The molecule has 0 atom stereocenters. The molecule has 80 valence electrons. The summed E-state index contributed by atoms with van der Waals surface area (Å²) in [7, 11) is -3.22. The smallest absolute Gasteiger partial charge is 0.239 e. The molecule has 6 heteroatoms. The molecule has 1 aromatic heterocycles. The maximum absolute atomic E-state index is 11.8. The molecule has 1 aromatic rings. The first-order valence-electron chi connectivity index (χ1n) is 4.35. The molecule has 0 N–H and O–H groups in total. The maximum Gasteiger partial charge on any atom is 0.239 e. The van der Waals surface area contributed by atoms with Crippen LogP contribution in [0.4, 0.5) is 0 Å². The molecule has 15 heavy (non-hydrogen) atoms. The van der Waals surface area contributed by atoms with Crippen LogP contribution in [-0.2, 0) is 15.8 Å². The zero-order valence-electron chi connectivity index (χ0n) is 7.91. The fraction of sp³-hybridized carbons (Fsp3) is 0.222. The summed E-state index contributed by atoms with van der Waals surface area (Å²) in [5.41, 5.74) is 0.760. The lowest BCUT2D eigenvalue weighted by Crippen LogP contribution is -2.24. The third-order valence-corrected chi connectivity index (χ3v) is 4.55. The average molecular weight is 242 g/mol. The standard InChI is InChI=1S/C9H10N2O2S2/c12-15(13,11-5-6-14-8-11)7-9-1-3-10-4-2-9/h1-6H,7-8H2. The number of hydrogen-bond acceptors (Lipinski definition) is 4. The van der Waals surface area contributed by atoms with Crippen molar-refractivity contribution < 1.29 is 8.42 Å². The second kappa shape index (κ2) is 4.24. The van der Waals surface area contributed by atoms with Gasteiger partial charge in [-0.1, -0.05) is 0 Å². The summed E-state index contributed by atoms with van der Waals surface area (Å²) in [5.74, 6) is 0.508. The minimum Gasteiger partial charge on any atom is -0.266 e. The van der Waals surface area contributed by atoms with Gasteiger partial charge in [0.05, 0.1) is 11.6 Å². The van der Waals surface area contributed by atoms with Crippen molar-refractivity contribution in [2.45, 2.75) is 5.75 Å². The number of aromatic nitrogens is 1. The predicted octanol–water partition coefficient (Wildman–Crippen LogP) is 1.39. The Bertz CT molecular complexity index is 456. The van der Waals surface area contributed by atoms with Crippen LogP contribution in [0, 0.1) is 0 Å². The Hall–Kier alpha value is -1.01. The molecule has 0 spiro atoms. The van der Waals surface area contributed by atoms with E-state index < -0.39 is 10.0 Å². The molecule has 1 aliphatic rings. The lowest BCUT2D eigenvalue weighted by Gasteiger charge is -2.14. The Labute approximate surface area is 93.1 Å². The van der Waals surface area contributed by atoms with Gasteiger partial charge in [0, 0.05) is 18.6 Å². The Balaban J connectivity index is 2.15. The first kappa shape index (κ1) is 10.5. The highest BCUT2D eigenvalue weighted by atomic mass is 32.2. The van der Waals surface area contributed by atoms with Crippen molar-refractivity contribution in [3.8, 4) is 0 Å². The topological polar surface area (TPSA) is 50.3 Å². The summed E-state index contributed by atoms with van der Waals surface area (Å²) in [6.07, 6.45) is 4.79. The molecule has 0 amide bonds. The molecular weight excluding hydrogens is 232 g/mol. The predicted molar refractivity (Wildman–Crippen MR) is 60.3 cm³/mol. The van der Waals surface area contributed by atoms with Crippen LogP contribution in [0.3, 0.4) is 0 Å². The van der Waals surface area contributed by atoms with Gasteiger partial charge in [0.2, 0.25) is 10.0 Å². The lowest BCUT2D eigenvalue weighted by molar-refractivity contribution is 0.535. The molecule has 0 aromatic carbocycles. The van der Waals surface area contributed by atoms with Gasteiger partial charge >= 0.3 is 0 Å². The van der Waals surface area contributed by atoms with E-state index in [0.29, 0.717) is 5.88 Å². The molecule has 2 rings (SSSR count). The van der Waals surface area contributed by atoms with E-state index >= 15 is 0 Å². The molecule has 1 aliphatic heterocycles. The van der Waals surface area contributed by atoms with Crippen LogP contribution in [0.15, 0.2) is 36.1 Å². The molecule has 0 unspecified atom stereocenters. The van der Waals surface area contributed by atoms with Crippen LogP contribution in [0.2, 0.25) is 0 Å². The minimum atomic E-state index is -3.22. The number of nitrogens with zero attached hydrogens (tertiary/aromatic N) is 2. The van der Waals surface area contributed by atoms with Gasteiger partial charge in [-0.25, -0.2) is 8.42 Å². The normalized spacial score (nSPS) is 15.9. The van der Waals surface area contributed by atoms with Crippen molar-refractivity contribution in [2.75, 3.05) is 5.88 Å². The Morgan fingerprint density at radius 2 is 2.13 bits per heavy atom. The summed E-state index contributed by atoms with van der Waals surface area (Å²) in [6, 6.07) is 3.43. The number of pyridine rings is 1. The number of rotatable bonds is 3. The average Bonchev–Trinajstić information content (AvgIpc) is 2.71. The van der Waals surface area contributed by atoms with Crippen LogP contribution < -0.4 is 0 Å². The molecular formula is C9H10N2O2S2. The largest absolute Gasteiger partial charge is 0.266 e. The van der Waals surface area contributed by atoms with Crippen LogP contribution in [0.1, 0.15) is 5.56 Å². The highest BCUT2D eigenvalue weighted by molar-refractivity contribution is 8.03. The van der Waals surface area contributed by atoms with Gasteiger partial charge in [-0.05, 0) is 23.1 Å². The summed E-state index contributed by atoms with van der Waals surface area (Å²) in [4.78, 5) is 3.85.